The van der Waals surface area contributed by atoms with Gasteiger partial charge in [-0.2, -0.15) is 9.97 Å². The molecule has 0 aliphatic carbocycles. The lowest BCUT2D eigenvalue weighted by atomic mass is 10.00. The van der Waals surface area contributed by atoms with E-state index in [1.54, 1.807) is 18.9 Å². The third kappa shape index (κ3) is 6.12. The number of nitrogens with one attached hydrogen (secondary N) is 2. The van der Waals surface area contributed by atoms with Crippen LogP contribution in [-0.2, 0) is 19.0 Å². The van der Waals surface area contributed by atoms with Gasteiger partial charge in [-0.05, 0) is 13.8 Å². The van der Waals surface area contributed by atoms with E-state index in [0.717, 1.165) is 6.07 Å². The Morgan fingerprint density at radius 3 is 2.43 bits per heavy atom. The number of morpholine rings is 1. The monoisotopic (exact) mass is 525 g/mol. The molecule has 1 aromatic heterocycles. The molecule has 2 atom stereocenters. The van der Waals surface area contributed by atoms with Crippen molar-refractivity contribution in [2.24, 2.45) is 0 Å². The Labute approximate surface area is 212 Å². The summed E-state index contributed by atoms with van der Waals surface area (Å²) < 4.78 is 63.5. The first-order valence-electron chi connectivity index (χ1n) is 11.9. The maximum atomic E-state index is 14.9. The minimum Gasteiger partial charge on any atom is -0.467 e. The molecule has 0 radical (unpaired) electrons. The highest BCUT2D eigenvalue weighted by atomic mass is 19.3. The van der Waals surface area contributed by atoms with Gasteiger partial charge >= 0.3 is 6.01 Å². The van der Waals surface area contributed by atoms with Crippen molar-refractivity contribution in [3.05, 3.63) is 46.4 Å². The van der Waals surface area contributed by atoms with E-state index < -0.39 is 36.1 Å². The Hall–Kier alpha value is -3.00. The molecule has 2 aliphatic rings. The van der Waals surface area contributed by atoms with Crippen LogP contribution in [0.25, 0.3) is 0 Å². The van der Waals surface area contributed by atoms with E-state index in [1.165, 1.54) is 19.2 Å². The predicted octanol–water partition coefficient (Wildman–Crippen LogP) is 3.25. The summed E-state index contributed by atoms with van der Waals surface area (Å²) in [5.74, 6) is -1.94. The number of hydrogen-bond acceptors (Lipinski definition) is 9. The fourth-order valence-electron chi connectivity index (χ4n) is 4.16. The zero-order valence-electron chi connectivity index (χ0n) is 20.8. The number of amides is 1. The zero-order chi connectivity index (χ0) is 26.5. The van der Waals surface area contributed by atoms with Crippen LogP contribution in [0.1, 0.15) is 60.9 Å². The van der Waals surface area contributed by atoms with E-state index in [1.807, 2.05) is 0 Å². The number of carbonyl (C=O) groups excluding carboxylic acids is 1. The highest BCUT2D eigenvalue weighted by Gasteiger charge is 2.33. The number of anilines is 1. The van der Waals surface area contributed by atoms with Gasteiger partial charge in [0.05, 0.1) is 62.3 Å². The van der Waals surface area contributed by atoms with Crippen LogP contribution in [0.5, 0.6) is 6.01 Å². The van der Waals surface area contributed by atoms with Crippen molar-refractivity contribution in [1.29, 1.82) is 0 Å². The van der Waals surface area contributed by atoms with Crippen LogP contribution in [0.3, 0.4) is 0 Å². The number of hydrogen-bond donors (Lipinski definition) is 2. The number of alkyl halides is 2. The highest BCUT2D eigenvalue weighted by molar-refractivity contribution is 5.83. The molecule has 202 valence electrons. The third-order valence-electron chi connectivity index (χ3n) is 6.19. The van der Waals surface area contributed by atoms with Gasteiger partial charge in [0.2, 0.25) is 5.91 Å². The Kier molecular flexibility index (Phi) is 8.79. The minimum atomic E-state index is -2.96. The zero-order valence-corrected chi connectivity index (χ0v) is 20.8. The molecule has 0 bridgehead atoms. The number of carbonyl (C=O) groups is 1. The van der Waals surface area contributed by atoms with E-state index in [-0.39, 0.29) is 23.3 Å². The smallest absolute Gasteiger partial charge is 0.318 e. The largest absolute Gasteiger partial charge is 0.467 e. The molecule has 1 aromatic carbocycles. The van der Waals surface area contributed by atoms with Gasteiger partial charge < -0.3 is 24.3 Å². The molecule has 2 aromatic rings. The van der Waals surface area contributed by atoms with Gasteiger partial charge in [-0.15, -0.1) is 0 Å². The summed E-state index contributed by atoms with van der Waals surface area (Å²) in [6, 6.07) is 3.00. The van der Waals surface area contributed by atoms with E-state index >= 15 is 0 Å². The first kappa shape index (κ1) is 27.0. The third-order valence-corrected chi connectivity index (χ3v) is 6.19. The summed E-state index contributed by atoms with van der Waals surface area (Å²) in [4.78, 5) is 22.0. The standard InChI is InChI=1S/C24H30F3N5O5/c1-13(22(33)31-32-7-9-35-10-8-32)19-17(23-36-11-12-37-23)21(30-24(29-19)34-3)28-14(2)15-5-4-6-16(18(15)25)20(26)27/h4-6,13-14,20,23H,7-12H2,1-3H3,(H,31,33)(H,28,29,30)/t13?,14-/m1/s1. The maximum absolute atomic E-state index is 14.9. The van der Waals surface area contributed by atoms with E-state index in [9.17, 15) is 18.0 Å². The van der Waals surface area contributed by atoms with E-state index in [2.05, 4.69) is 20.7 Å². The lowest BCUT2D eigenvalue weighted by Gasteiger charge is -2.29. The number of rotatable bonds is 9. The highest BCUT2D eigenvalue weighted by Crippen LogP contribution is 2.37. The summed E-state index contributed by atoms with van der Waals surface area (Å²) >= 11 is 0. The van der Waals surface area contributed by atoms with Gasteiger partial charge in [0.1, 0.15) is 11.6 Å². The molecular weight excluding hydrogens is 495 g/mol. The molecule has 4 rings (SSSR count). The summed E-state index contributed by atoms with van der Waals surface area (Å²) in [7, 11) is 1.37. The second-order valence-corrected chi connectivity index (χ2v) is 8.65. The first-order valence-corrected chi connectivity index (χ1v) is 11.9. The second-order valence-electron chi connectivity index (χ2n) is 8.65. The molecular formula is C24H30F3N5O5. The van der Waals surface area contributed by atoms with Crippen LogP contribution in [0, 0.1) is 5.82 Å². The lowest BCUT2D eigenvalue weighted by Crippen LogP contribution is -2.49. The molecule has 0 saturated carbocycles. The number of methoxy groups -OCH3 is 1. The van der Waals surface area contributed by atoms with Gasteiger partial charge in [-0.3, -0.25) is 10.2 Å². The number of nitrogens with zero attached hydrogens (tertiary/aromatic N) is 3. The number of aromatic nitrogens is 2. The van der Waals surface area contributed by atoms with Crippen LogP contribution >= 0.6 is 0 Å². The Balaban J connectivity index is 1.70. The van der Waals surface area contributed by atoms with Crippen molar-refractivity contribution < 1.29 is 36.9 Å². The summed E-state index contributed by atoms with van der Waals surface area (Å²) in [6.07, 6.45) is -3.86. The van der Waals surface area contributed by atoms with Gasteiger partial charge in [-0.25, -0.2) is 18.2 Å². The fourth-order valence-corrected chi connectivity index (χ4v) is 4.16. The molecule has 1 unspecified atom stereocenters. The first-order chi connectivity index (χ1) is 17.8. The number of hydrazine groups is 1. The molecule has 2 saturated heterocycles. The quantitative estimate of drug-likeness (QED) is 0.510. The van der Waals surface area contributed by atoms with Crippen molar-refractivity contribution in [2.45, 2.75) is 38.5 Å². The minimum absolute atomic E-state index is 0.0225. The summed E-state index contributed by atoms with van der Waals surface area (Å²) in [6.45, 7) is 5.99. The lowest BCUT2D eigenvalue weighted by molar-refractivity contribution is -0.129. The van der Waals surface area contributed by atoms with E-state index in [0.29, 0.717) is 50.8 Å². The molecule has 37 heavy (non-hydrogen) atoms. The summed E-state index contributed by atoms with van der Waals surface area (Å²) in [5.41, 5.74) is 2.84. The Morgan fingerprint density at radius 1 is 1.11 bits per heavy atom. The van der Waals surface area contributed by atoms with Crippen LogP contribution in [0.4, 0.5) is 19.0 Å². The van der Waals surface area contributed by atoms with Gasteiger partial charge in [0.15, 0.2) is 6.29 Å². The summed E-state index contributed by atoms with van der Waals surface area (Å²) in [5, 5.41) is 4.83. The number of ether oxygens (including phenoxy) is 4. The molecule has 2 fully saturated rings. The van der Waals surface area contributed by atoms with Crippen LogP contribution < -0.4 is 15.5 Å². The van der Waals surface area contributed by atoms with Crippen molar-refractivity contribution in [3.8, 4) is 6.01 Å². The average molecular weight is 526 g/mol. The normalized spacial score (nSPS) is 18.6. The molecule has 1 amide bonds. The molecule has 0 spiro atoms. The van der Waals surface area contributed by atoms with Crippen LogP contribution in [-0.4, -0.2) is 67.5 Å². The topological polar surface area (TPSA) is 107 Å². The molecule has 3 heterocycles. The Bertz CT molecular complexity index is 1100. The van der Waals surface area contributed by atoms with Gasteiger partial charge in [0, 0.05) is 18.7 Å². The molecule has 2 aliphatic heterocycles. The van der Waals surface area contributed by atoms with Crippen molar-refractivity contribution in [1.82, 2.24) is 20.4 Å². The van der Waals surface area contributed by atoms with Crippen molar-refractivity contribution in [2.75, 3.05) is 51.9 Å². The predicted molar refractivity (Wildman–Crippen MR) is 126 cm³/mol. The van der Waals surface area contributed by atoms with Crippen LogP contribution in [0.2, 0.25) is 0 Å². The molecule has 13 heteroatoms. The average Bonchev–Trinajstić information content (AvgIpc) is 3.42. The Morgan fingerprint density at radius 2 is 1.78 bits per heavy atom. The molecule has 2 N–H and O–H groups in total. The fraction of sp³-hybridized carbons (Fsp3) is 0.542. The van der Waals surface area contributed by atoms with E-state index in [4.69, 9.17) is 18.9 Å². The number of halogens is 3. The molecule has 10 nitrogen and oxygen atoms in total. The van der Waals surface area contributed by atoms with Gasteiger partial charge in [0.25, 0.3) is 6.43 Å². The SMILES string of the molecule is COc1nc(N[C@H](C)c2cccc(C(F)F)c2F)c(C2OCCO2)c(C(C)C(=O)NN2CCOCC2)n1. The van der Waals surface area contributed by atoms with Crippen molar-refractivity contribution >= 4 is 11.7 Å². The second kappa shape index (κ2) is 12.0. The van der Waals surface area contributed by atoms with Gasteiger partial charge in [-0.1, -0.05) is 18.2 Å². The van der Waals surface area contributed by atoms with Crippen molar-refractivity contribution in [3.63, 3.8) is 0 Å². The number of benzene rings is 1. The maximum Gasteiger partial charge on any atom is 0.318 e. The van der Waals surface area contributed by atoms with Crippen LogP contribution in [0.15, 0.2) is 18.2 Å².